The third-order valence-electron chi connectivity index (χ3n) is 3.79. The van der Waals surface area contributed by atoms with Gasteiger partial charge in [-0.15, -0.1) is 0 Å². The van der Waals surface area contributed by atoms with Crippen molar-refractivity contribution in [3.8, 4) is 5.75 Å². The van der Waals surface area contributed by atoms with E-state index in [2.05, 4.69) is 19.2 Å². The second-order valence-electron chi connectivity index (χ2n) is 6.22. The van der Waals surface area contributed by atoms with Crippen molar-refractivity contribution in [1.82, 2.24) is 5.32 Å². The van der Waals surface area contributed by atoms with Crippen molar-refractivity contribution in [1.29, 1.82) is 0 Å². The summed E-state index contributed by atoms with van der Waals surface area (Å²) in [5.74, 6) is 0.912. The zero-order valence-electron chi connectivity index (χ0n) is 14.2. The smallest absolute Gasteiger partial charge is 0.261 e. The molecule has 3 heteroatoms. The topological polar surface area (TPSA) is 38.3 Å². The Bertz CT molecular complexity index is 637. The average Bonchev–Trinajstić information content (AvgIpc) is 2.52. The van der Waals surface area contributed by atoms with Gasteiger partial charge >= 0.3 is 0 Å². The van der Waals surface area contributed by atoms with Crippen molar-refractivity contribution in [3.05, 3.63) is 65.7 Å². The molecule has 0 aromatic heterocycles. The lowest BCUT2D eigenvalue weighted by molar-refractivity contribution is -0.128. The van der Waals surface area contributed by atoms with E-state index in [0.717, 1.165) is 11.1 Å². The molecule has 2 aromatic rings. The summed E-state index contributed by atoms with van der Waals surface area (Å²) in [5.41, 5.74) is 2.22. The fraction of sp³-hybridized carbons (Fsp3) is 0.350. The van der Waals surface area contributed by atoms with Crippen molar-refractivity contribution < 1.29 is 9.53 Å². The van der Waals surface area contributed by atoms with Crippen LogP contribution in [-0.4, -0.2) is 12.0 Å². The maximum absolute atomic E-state index is 12.5. The second-order valence-corrected chi connectivity index (χ2v) is 6.22. The van der Waals surface area contributed by atoms with Gasteiger partial charge in [0.2, 0.25) is 0 Å². The minimum atomic E-state index is -0.540. The SMILES string of the molecule is Cc1cccc(OC(C)C(=O)NC(c2ccccc2)C(C)C)c1. The molecule has 0 aliphatic rings. The van der Waals surface area contributed by atoms with Gasteiger partial charge in [0.25, 0.3) is 5.91 Å². The summed E-state index contributed by atoms with van der Waals surface area (Å²) in [7, 11) is 0. The quantitative estimate of drug-likeness (QED) is 0.865. The van der Waals surface area contributed by atoms with Crippen LogP contribution in [0.5, 0.6) is 5.75 Å². The summed E-state index contributed by atoms with van der Waals surface area (Å²) in [6, 6.07) is 17.7. The number of carbonyl (C=O) groups is 1. The molecule has 0 saturated heterocycles. The van der Waals surface area contributed by atoms with Crippen LogP contribution in [0, 0.1) is 12.8 Å². The van der Waals surface area contributed by atoms with Crippen LogP contribution < -0.4 is 10.1 Å². The van der Waals surface area contributed by atoms with Crippen LogP contribution in [0.3, 0.4) is 0 Å². The van der Waals surface area contributed by atoms with Crippen LogP contribution >= 0.6 is 0 Å². The molecule has 2 unspecified atom stereocenters. The van der Waals surface area contributed by atoms with E-state index in [1.54, 1.807) is 6.92 Å². The summed E-state index contributed by atoms with van der Waals surface area (Å²) >= 11 is 0. The molecule has 0 bridgehead atoms. The van der Waals surface area contributed by atoms with Gasteiger partial charge in [0.1, 0.15) is 5.75 Å². The number of benzene rings is 2. The Morgan fingerprint density at radius 1 is 1.00 bits per heavy atom. The monoisotopic (exact) mass is 311 g/mol. The van der Waals surface area contributed by atoms with Gasteiger partial charge in [-0.25, -0.2) is 0 Å². The van der Waals surface area contributed by atoms with Crippen LogP contribution in [0.25, 0.3) is 0 Å². The normalized spacial score (nSPS) is 13.4. The van der Waals surface area contributed by atoms with E-state index in [0.29, 0.717) is 11.7 Å². The number of ether oxygens (including phenoxy) is 1. The number of hydrogen-bond acceptors (Lipinski definition) is 2. The summed E-state index contributed by atoms with van der Waals surface area (Å²) in [4.78, 5) is 12.5. The Balaban J connectivity index is 2.04. The Morgan fingerprint density at radius 2 is 1.70 bits per heavy atom. The Labute approximate surface area is 138 Å². The highest BCUT2D eigenvalue weighted by atomic mass is 16.5. The molecule has 2 rings (SSSR count). The van der Waals surface area contributed by atoms with Crippen molar-refractivity contribution >= 4 is 5.91 Å². The Morgan fingerprint density at radius 3 is 2.30 bits per heavy atom. The first-order chi connectivity index (χ1) is 11.0. The number of carbonyl (C=O) groups excluding carboxylic acids is 1. The Hall–Kier alpha value is -2.29. The molecule has 3 nitrogen and oxygen atoms in total. The van der Waals surface area contributed by atoms with Crippen molar-refractivity contribution in [2.45, 2.75) is 39.8 Å². The molecular formula is C20H25NO2. The Kier molecular flexibility index (Phi) is 5.80. The van der Waals surface area contributed by atoms with E-state index in [-0.39, 0.29) is 11.9 Å². The van der Waals surface area contributed by atoms with Crippen molar-refractivity contribution in [3.63, 3.8) is 0 Å². The van der Waals surface area contributed by atoms with Gasteiger partial charge < -0.3 is 10.1 Å². The third kappa shape index (κ3) is 4.85. The van der Waals surface area contributed by atoms with Gasteiger partial charge in [0, 0.05) is 0 Å². The van der Waals surface area contributed by atoms with E-state index < -0.39 is 6.10 Å². The predicted octanol–water partition coefficient (Wildman–Crippen LogP) is 4.28. The fourth-order valence-electron chi connectivity index (χ4n) is 2.51. The lowest BCUT2D eigenvalue weighted by atomic mass is 9.96. The van der Waals surface area contributed by atoms with Gasteiger partial charge in [0.15, 0.2) is 6.10 Å². The fourth-order valence-corrected chi connectivity index (χ4v) is 2.51. The summed E-state index contributed by atoms with van der Waals surface area (Å²) in [6.07, 6.45) is -0.540. The van der Waals surface area contributed by atoms with Gasteiger partial charge in [0.05, 0.1) is 6.04 Å². The van der Waals surface area contributed by atoms with Crippen LogP contribution in [0.15, 0.2) is 54.6 Å². The van der Waals surface area contributed by atoms with E-state index in [9.17, 15) is 4.79 Å². The molecule has 0 heterocycles. The molecule has 1 N–H and O–H groups in total. The average molecular weight is 311 g/mol. The highest BCUT2D eigenvalue weighted by molar-refractivity contribution is 5.81. The first-order valence-corrected chi connectivity index (χ1v) is 8.06. The number of hydrogen-bond donors (Lipinski definition) is 1. The molecule has 1 amide bonds. The van der Waals surface area contributed by atoms with E-state index in [1.165, 1.54) is 0 Å². The highest BCUT2D eigenvalue weighted by Crippen LogP contribution is 2.22. The number of aryl methyl sites for hydroxylation is 1. The molecular weight excluding hydrogens is 286 g/mol. The first kappa shape index (κ1) is 17.1. The molecule has 0 spiro atoms. The van der Waals surface area contributed by atoms with E-state index in [1.807, 2.05) is 61.5 Å². The first-order valence-electron chi connectivity index (χ1n) is 8.06. The summed E-state index contributed by atoms with van der Waals surface area (Å²) in [5, 5.41) is 3.10. The molecule has 0 fully saturated rings. The second kappa shape index (κ2) is 7.82. The summed E-state index contributed by atoms with van der Waals surface area (Å²) < 4.78 is 5.76. The zero-order valence-corrected chi connectivity index (χ0v) is 14.2. The number of amides is 1. The minimum Gasteiger partial charge on any atom is -0.481 e. The van der Waals surface area contributed by atoms with Gasteiger partial charge in [-0.2, -0.15) is 0 Å². The van der Waals surface area contributed by atoms with Crippen molar-refractivity contribution in [2.24, 2.45) is 5.92 Å². The molecule has 0 aliphatic carbocycles. The van der Waals surface area contributed by atoms with Gasteiger partial charge in [-0.05, 0) is 43.0 Å². The highest BCUT2D eigenvalue weighted by Gasteiger charge is 2.22. The lowest BCUT2D eigenvalue weighted by Crippen LogP contribution is -2.40. The maximum Gasteiger partial charge on any atom is 0.261 e. The summed E-state index contributed by atoms with van der Waals surface area (Å²) in [6.45, 7) is 7.98. The predicted molar refractivity (Wildman–Crippen MR) is 93.4 cm³/mol. The van der Waals surface area contributed by atoms with E-state index in [4.69, 9.17) is 4.74 Å². The largest absolute Gasteiger partial charge is 0.481 e. The minimum absolute atomic E-state index is 0.0211. The molecule has 2 aromatic carbocycles. The van der Waals surface area contributed by atoms with Gasteiger partial charge in [-0.3, -0.25) is 4.79 Å². The van der Waals surface area contributed by atoms with Crippen LogP contribution in [0.4, 0.5) is 0 Å². The standard InChI is InChI=1S/C20H25NO2/c1-14(2)19(17-10-6-5-7-11-17)21-20(22)16(4)23-18-12-8-9-15(3)13-18/h5-14,16,19H,1-4H3,(H,21,22). The molecule has 0 aliphatic heterocycles. The molecule has 122 valence electrons. The third-order valence-corrected chi connectivity index (χ3v) is 3.79. The van der Waals surface area contributed by atoms with Crippen LogP contribution in [0.1, 0.15) is 37.9 Å². The molecule has 0 saturated carbocycles. The van der Waals surface area contributed by atoms with Crippen molar-refractivity contribution in [2.75, 3.05) is 0 Å². The van der Waals surface area contributed by atoms with E-state index >= 15 is 0 Å². The molecule has 0 radical (unpaired) electrons. The number of rotatable bonds is 6. The lowest BCUT2D eigenvalue weighted by Gasteiger charge is -2.25. The zero-order chi connectivity index (χ0) is 16.8. The number of nitrogens with one attached hydrogen (secondary N) is 1. The van der Waals surface area contributed by atoms with Crippen LogP contribution in [0.2, 0.25) is 0 Å². The molecule has 2 atom stereocenters. The molecule has 23 heavy (non-hydrogen) atoms. The maximum atomic E-state index is 12.5. The van der Waals surface area contributed by atoms with Crippen LogP contribution in [-0.2, 0) is 4.79 Å². The van der Waals surface area contributed by atoms with Gasteiger partial charge in [-0.1, -0.05) is 56.3 Å².